The van der Waals surface area contributed by atoms with Crippen LogP contribution in [0, 0.1) is 0 Å². The molecule has 0 aliphatic carbocycles. The Labute approximate surface area is 146 Å². The van der Waals surface area contributed by atoms with Gasteiger partial charge in [-0.15, -0.1) is 0 Å². The second-order valence-corrected chi connectivity index (χ2v) is 6.78. The zero-order valence-corrected chi connectivity index (χ0v) is 14.6. The molecule has 3 N–H and O–H groups in total. The number of nitrogen functional groups attached to an aromatic ring is 1. The van der Waals surface area contributed by atoms with E-state index in [1.807, 2.05) is 7.05 Å². The van der Waals surface area contributed by atoms with Gasteiger partial charge in [-0.2, -0.15) is 15.1 Å². The molecular formula is C18H23N7. The van der Waals surface area contributed by atoms with Crippen molar-refractivity contribution in [3.63, 3.8) is 0 Å². The van der Waals surface area contributed by atoms with E-state index in [1.54, 1.807) is 10.9 Å². The standard InChI is InChI=1S/C18H23N7/c1-12-8-14(11-25(12)10-13-6-4-3-5-7-13)21-18-22-16(19)15-9-20-24(2)17(15)23-18/h3-7,9,12,14H,8,10-11H2,1-2H3,(H3,19,21,22,23)/t12-,14-/m0/s1. The maximum Gasteiger partial charge on any atom is 0.226 e. The minimum Gasteiger partial charge on any atom is -0.383 e. The summed E-state index contributed by atoms with van der Waals surface area (Å²) in [4.78, 5) is 11.5. The lowest BCUT2D eigenvalue weighted by Crippen LogP contribution is -2.29. The molecule has 130 valence electrons. The molecule has 2 atom stereocenters. The summed E-state index contributed by atoms with van der Waals surface area (Å²) in [5.74, 6) is 1.04. The predicted octanol–water partition coefficient (Wildman–Crippen LogP) is 2.02. The number of rotatable bonds is 4. The highest BCUT2D eigenvalue weighted by molar-refractivity contribution is 5.86. The molecule has 1 saturated heterocycles. The maximum atomic E-state index is 6.05. The molecule has 1 aromatic carbocycles. The Kier molecular flexibility index (Phi) is 4.01. The van der Waals surface area contributed by atoms with Crippen molar-refractivity contribution in [2.45, 2.75) is 32.0 Å². The van der Waals surface area contributed by atoms with Crippen LogP contribution in [0.25, 0.3) is 11.0 Å². The second kappa shape index (κ2) is 6.33. The quantitative estimate of drug-likeness (QED) is 0.758. The van der Waals surface area contributed by atoms with Crippen LogP contribution in [0.4, 0.5) is 11.8 Å². The molecule has 0 radical (unpaired) electrons. The van der Waals surface area contributed by atoms with Crippen LogP contribution in [0.5, 0.6) is 0 Å². The number of benzene rings is 1. The molecule has 1 aliphatic heterocycles. The number of hydrogen-bond donors (Lipinski definition) is 2. The molecule has 0 unspecified atom stereocenters. The third kappa shape index (κ3) is 3.15. The minimum absolute atomic E-state index is 0.309. The van der Waals surface area contributed by atoms with Gasteiger partial charge in [-0.05, 0) is 18.9 Å². The van der Waals surface area contributed by atoms with Gasteiger partial charge in [-0.3, -0.25) is 9.58 Å². The first-order chi connectivity index (χ1) is 12.1. The lowest BCUT2D eigenvalue weighted by Gasteiger charge is -2.20. The highest BCUT2D eigenvalue weighted by Gasteiger charge is 2.29. The van der Waals surface area contributed by atoms with Crippen molar-refractivity contribution in [1.29, 1.82) is 0 Å². The summed E-state index contributed by atoms with van der Waals surface area (Å²) in [5.41, 5.74) is 8.14. The summed E-state index contributed by atoms with van der Waals surface area (Å²) in [7, 11) is 1.86. The van der Waals surface area contributed by atoms with Gasteiger partial charge < -0.3 is 11.1 Å². The van der Waals surface area contributed by atoms with Crippen LogP contribution in [-0.2, 0) is 13.6 Å². The number of nitrogens with two attached hydrogens (primary N) is 1. The molecule has 1 aliphatic rings. The average molecular weight is 337 g/mol. The largest absolute Gasteiger partial charge is 0.383 e. The molecule has 4 rings (SSSR count). The van der Waals surface area contributed by atoms with Crippen LogP contribution in [0.15, 0.2) is 36.5 Å². The molecular weight excluding hydrogens is 314 g/mol. The third-order valence-corrected chi connectivity index (χ3v) is 4.89. The molecule has 3 heterocycles. The van der Waals surface area contributed by atoms with Crippen molar-refractivity contribution >= 4 is 22.8 Å². The Hall–Kier alpha value is -2.67. The van der Waals surface area contributed by atoms with E-state index in [0.29, 0.717) is 23.8 Å². The van der Waals surface area contributed by atoms with Crippen LogP contribution in [-0.4, -0.2) is 43.3 Å². The van der Waals surface area contributed by atoms with Crippen molar-refractivity contribution in [2.24, 2.45) is 7.05 Å². The molecule has 7 nitrogen and oxygen atoms in total. The SMILES string of the molecule is C[C@H]1C[C@H](Nc2nc(N)c3cnn(C)c3n2)CN1Cc1ccccc1. The number of fused-ring (bicyclic) bond motifs is 1. The maximum absolute atomic E-state index is 6.05. The lowest BCUT2D eigenvalue weighted by atomic mass is 10.2. The Balaban J connectivity index is 1.47. The molecule has 0 spiro atoms. The van der Waals surface area contributed by atoms with E-state index >= 15 is 0 Å². The van der Waals surface area contributed by atoms with Crippen molar-refractivity contribution in [2.75, 3.05) is 17.6 Å². The zero-order chi connectivity index (χ0) is 17.4. The van der Waals surface area contributed by atoms with Gasteiger partial charge in [0.15, 0.2) is 5.65 Å². The Bertz CT molecular complexity index is 874. The van der Waals surface area contributed by atoms with Crippen LogP contribution in [0.1, 0.15) is 18.9 Å². The van der Waals surface area contributed by atoms with E-state index < -0.39 is 0 Å². The molecule has 25 heavy (non-hydrogen) atoms. The van der Waals surface area contributed by atoms with Gasteiger partial charge in [0.1, 0.15) is 5.82 Å². The fourth-order valence-electron chi connectivity index (χ4n) is 3.53. The molecule has 2 aromatic heterocycles. The number of nitrogens with one attached hydrogen (secondary N) is 1. The highest BCUT2D eigenvalue weighted by Crippen LogP contribution is 2.24. The first-order valence-corrected chi connectivity index (χ1v) is 8.60. The monoisotopic (exact) mass is 337 g/mol. The fourth-order valence-corrected chi connectivity index (χ4v) is 3.53. The first-order valence-electron chi connectivity index (χ1n) is 8.60. The molecule has 7 heteroatoms. The highest BCUT2D eigenvalue weighted by atomic mass is 15.3. The number of nitrogens with zero attached hydrogens (tertiary/aromatic N) is 5. The topological polar surface area (TPSA) is 84.9 Å². The van der Waals surface area contributed by atoms with Crippen molar-refractivity contribution in [1.82, 2.24) is 24.6 Å². The van der Waals surface area contributed by atoms with E-state index in [0.717, 1.165) is 30.5 Å². The van der Waals surface area contributed by atoms with Gasteiger partial charge in [0.2, 0.25) is 5.95 Å². The number of anilines is 2. The predicted molar refractivity (Wildman–Crippen MR) is 99.1 cm³/mol. The molecule has 1 fully saturated rings. The van der Waals surface area contributed by atoms with Crippen molar-refractivity contribution in [3.05, 3.63) is 42.1 Å². The van der Waals surface area contributed by atoms with Crippen LogP contribution >= 0.6 is 0 Å². The Morgan fingerprint density at radius 2 is 2.04 bits per heavy atom. The van der Waals surface area contributed by atoms with Gasteiger partial charge in [0, 0.05) is 32.2 Å². The smallest absolute Gasteiger partial charge is 0.226 e. The first kappa shape index (κ1) is 15.8. The van der Waals surface area contributed by atoms with Gasteiger partial charge in [0.25, 0.3) is 0 Å². The van der Waals surface area contributed by atoms with Gasteiger partial charge in [-0.25, -0.2) is 0 Å². The fraction of sp³-hybridized carbons (Fsp3) is 0.389. The van der Waals surface area contributed by atoms with E-state index in [4.69, 9.17) is 5.73 Å². The van der Waals surface area contributed by atoms with Crippen molar-refractivity contribution < 1.29 is 0 Å². The van der Waals surface area contributed by atoms with Crippen molar-refractivity contribution in [3.8, 4) is 0 Å². The Morgan fingerprint density at radius 1 is 1.24 bits per heavy atom. The molecule has 0 amide bonds. The zero-order valence-electron chi connectivity index (χ0n) is 14.6. The van der Waals surface area contributed by atoms with E-state index in [1.165, 1.54) is 5.56 Å². The van der Waals surface area contributed by atoms with Crippen LogP contribution < -0.4 is 11.1 Å². The van der Waals surface area contributed by atoms with E-state index in [-0.39, 0.29) is 0 Å². The molecule has 0 saturated carbocycles. The molecule has 3 aromatic rings. The van der Waals surface area contributed by atoms with Gasteiger partial charge in [-0.1, -0.05) is 30.3 Å². The van der Waals surface area contributed by atoms with E-state index in [2.05, 4.69) is 62.5 Å². The summed E-state index contributed by atoms with van der Waals surface area (Å²) in [6.45, 7) is 4.19. The summed E-state index contributed by atoms with van der Waals surface area (Å²) >= 11 is 0. The average Bonchev–Trinajstić information content (AvgIpc) is 3.12. The second-order valence-electron chi connectivity index (χ2n) is 6.78. The third-order valence-electron chi connectivity index (χ3n) is 4.89. The van der Waals surface area contributed by atoms with Gasteiger partial charge >= 0.3 is 0 Å². The van der Waals surface area contributed by atoms with Gasteiger partial charge in [0.05, 0.1) is 11.6 Å². The Morgan fingerprint density at radius 3 is 2.84 bits per heavy atom. The van der Waals surface area contributed by atoms with Crippen LogP contribution in [0.2, 0.25) is 0 Å². The number of aromatic nitrogens is 4. The summed E-state index contributed by atoms with van der Waals surface area (Å²) < 4.78 is 1.72. The minimum atomic E-state index is 0.309. The van der Waals surface area contributed by atoms with E-state index in [9.17, 15) is 0 Å². The summed E-state index contributed by atoms with van der Waals surface area (Å²) in [6, 6.07) is 11.4. The molecule has 0 bridgehead atoms. The summed E-state index contributed by atoms with van der Waals surface area (Å²) in [5, 5.41) is 8.44. The number of aryl methyl sites for hydroxylation is 1. The van der Waals surface area contributed by atoms with Crippen LogP contribution in [0.3, 0.4) is 0 Å². The number of likely N-dealkylation sites (tertiary alicyclic amines) is 1. The number of hydrogen-bond acceptors (Lipinski definition) is 6. The normalized spacial score (nSPS) is 21.0. The lowest BCUT2D eigenvalue weighted by molar-refractivity contribution is 0.259. The summed E-state index contributed by atoms with van der Waals surface area (Å²) in [6.07, 6.45) is 2.76.